The van der Waals surface area contributed by atoms with Gasteiger partial charge in [-0.15, -0.1) is 0 Å². The number of nitrogens with zero attached hydrogens (tertiary/aromatic N) is 2. The highest BCUT2D eigenvalue weighted by Gasteiger charge is 2.70. The Morgan fingerprint density at radius 2 is 1.68 bits per heavy atom. The molecule has 6 heteroatoms. The third kappa shape index (κ3) is 3.52. The van der Waals surface area contributed by atoms with Gasteiger partial charge < -0.3 is 14.4 Å². The molecule has 0 aromatic carbocycles. The summed E-state index contributed by atoms with van der Waals surface area (Å²) in [5.41, 5.74) is -0.0700. The van der Waals surface area contributed by atoms with Crippen LogP contribution in [0.25, 0.3) is 4.85 Å². The molecular formula is C34H46N2O4. The van der Waals surface area contributed by atoms with Gasteiger partial charge in [0.25, 0.3) is 0 Å². The lowest BCUT2D eigenvalue weighted by Gasteiger charge is -2.68. The van der Waals surface area contributed by atoms with Gasteiger partial charge in [-0.25, -0.2) is 4.85 Å². The Bertz CT molecular complexity index is 1270. The summed E-state index contributed by atoms with van der Waals surface area (Å²) in [5, 5.41) is 0. The number of hydrogen-bond donors (Lipinski definition) is 0. The van der Waals surface area contributed by atoms with Crippen LogP contribution >= 0.6 is 0 Å². The first-order valence-corrected chi connectivity index (χ1v) is 15.5. The monoisotopic (exact) mass is 546 g/mol. The highest BCUT2D eigenvalue weighted by Crippen LogP contribution is 2.74. The van der Waals surface area contributed by atoms with E-state index in [1.54, 1.807) is 0 Å². The van der Waals surface area contributed by atoms with Crippen molar-refractivity contribution < 1.29 is 19.1 Å². The summed E-state index contributed by atoms with van der Waals surface area (Å²) < 4.78 is 5.58. The maximum absolute atomic E-state index is 14.6. The van der Waals surface area contributed by atoms with Gasteiger partial charge in [0, 0.05) is 30.3 Å². The predicted octanol–water partition coefficient (Wildman–Crippen LogP) is 6.03. The first kappa shape index (κ1) is 27.9. The van der Waals surface area contributed by atoms with Gasteiger partial charge >= 0.3 is 0 Å². The van der Waals surface area contributed by atoms with E-state index in [9.17, 15) is 14.4 Å². The summed E-state index contributed by atoms with van der Waals surface area (Å²) in [4.78, 5) is 47.6. The summed E-state index contributed by atoms with van der Waals surface area (Å²) in [7, 11) is 0. The second-order valence-corrected chi connectivity index (χ2v) is 15.4. The molecule has 6 aliphatic rings. The van der Waals surface area contributed by atoms with Crippen molar-refractivity contribution in [2.75, 3.05) is 26.3 Å². The number of allylic oxidation sites excluding steroid dienone is 4. The van der Waals surface area contributed by atoms with Crippen LogP contribution in [0.3, 0.4) is 0 Å². The van der Waals surface area contributed by atoms with E-state index in [1.165, 1.54) is 0 Å². The first-order valence-electron chi connectivity index (χ1n) is 15.5. The molecule has 40 heavy (non-hydrogen) atoms. The van der Waals surface area contributed by atoms with Crippen molar-refractivity contribution in [3.63, 3.8) is 0 Å². The van der Waals surface area contributed by atoms with E-state index in [4.69, 9.17) is 11.3 Å². The zero-order chi connectivity index (χ0) is 28.9. The Balaban J connectivity index is 1.48. The number of morpholine rings is 1. The normalized spacial score (nSPS) is 46.1. The Labute approximate surface area is 239 Å². The lowest BCUT2D eigenvalue weighted by atomic mass is 9.35. The zero-order valence-corrected chi connectivity index (χ0v) is 25.3. The fourth-order valence-electron chi connectivity index (χ4n) is 10.7. The molecule has 4 fully saturated rings. The Kier molecular flexibility index (Phi) is 6.18. The number of hydrogen-bond acceptors (Lipinski definition) is 4. The van der Waals surface area contributed by atoms with Crippen molar-refractivity contribution in [2.45, 2.75) is 86.5 Å². The molecule has 1 amide bonds. The summed E-state index contributed by atoms with van der Waals surface area (Å²) >= 11 is 0. The van der Waals surface area contributed by atoms with Crippen molar-refractivity contribution in [1.82, 2.24) is 4.90 Å². The molecule has 0 aromatic heterocycles. The van der Waals surface area contributed by atoms with Gasteiger partial charge in [-0.1, -0.05) is 53.2 Å². The minimum absolute atomic E-state index is 0.0131. The molecular weight excluding hydrogens is 500 g/mol. The molecule has 0 spiro atoms. The molecule has 3 saturated carbocycles. The largest absolute Gasteiger partial charge is 0.378 e. The number of fused-ring (bicyclic) bond motifs is 7. The summed E-state index contributed by atoms with van der Waals surface area (Å²) in [6.07, 6.45) is 10.1. The van der Waals surface area contributed by atoms with Crippen molar-refractivity contribution in [3.05, 3.63) is 34.8 Å². The molecule has 8 atom stereocenters. The molecule has 5 aliphatic carbocycles. The van der Waals surface area contributed by atoms with Gasteiger partial charge in [0.05, 0.1) is 25.2 Å². The molecule has 0 aromatic rings. The highest BCUT2D eigenvalue weighted by molar-refractivity contribution is 6.01. The van der Waals surface area contributed by atoms with E-state index in [0.717, 1.165) is 50.5 Å². The topological polar surface area (TPSA) is 68.0 Å². The number of ether oxygens (including phenoxy) is 1. The minimum atomic E-state index is -0.492. The summed E-state index contributed by atoms with van der Waals surface area (Å²) in [5.74, 6) is 0.0467. The van der Waals surface area contributed by atoms with Crippen molar-refractivity contribution in [1.29, 1.82) is 0 Å². The minimum Gasteiger partial charge on any atom is -0.378 e. The van der Waals surface area contributed by atoms with E-state index < -0.39 is 10.8 Å². The van der Waals surface area contributed by atoms with Crippen LogP contribution < -0.4 is 0 Å². The van der Waals surface area contributed by atoms with E-state index >= 15 is 0 Å². The zero-order valence-electron chi connectivity index (χ0n) is 25.3. The molecule has 1 aliphatic heterocycles. The highest BCUT2D eigenvalue weighted by atomic mass is 16.5. The van der Waals surface area contributed by atoms with Gasteiger partial charge in [0.1, 0.15) is 0 Å². The molecule has 0 bridgehead atoms. The summed E-state index contributed by atoms with van der Waals surface area (Å²) in [6, 6.07) is 0. The van der Waals surface area contributed by atoms with E-state index in [-0.39, 0.29) is 63.1 Å². The number of carbonyl (C=O) groups is 3. The fourth-order valence-corrected chi connectivity index (χ4v) is 10.7. The molecule has 0 N–H and O–H groups in total. The van der Waals surface area contributed by atoms with Crippen molar-refractivity contribution >= 4 is 17.5 Å². The predicted molar refractivity (Wildman–Crippen MR) is 153 cm³/mol. The SMILES string of the molecule is [C-]#[N+]C1=C[C@]2(C)C3=CC(=O)[C@@H]4[C@@H]5CC(C)(C)CC[C@]5(C(=O)N5CCOCC5)CC[C@@]4(C)[C@]3(C)CC[C@H]2[C@H](C)C1=O. The fraction of sp³-hybridized carbons (Fsp3) is 0.765. The standard InChI is InChI=1S/C34H46N2O4/c1-21-22-8-9-32(5)26(31(22,4)20-24(35-7)28(21)38)18-25(37)27-23-19-30(2,3)10-12-34(23,13-11-33(27,32)6)29(39)36-14-16-40-17-15-36/h18,20-23,27H,8-17,19H2,1-6H3/t21-,22-,23-,27-,31-,32+,33+,34-/m0/s1. The maximum Gasteiger partial charge on any atom is 0.229 e. The summed E-state index contributed by atoms with van der Waals surface area (Å²) in [6.45, 7) is 23.6. The number of Topliss-reactive ketones (excluding diaryl/α,β-unsaturated/α-hetero) is 1. The van der Waals surface area contributed by atoms with E-state index in [1.807, 2.05) is 24.0 Å². The smallest absolute Gasteiger partial charge is 0.229 e. The lowest BCUT2D eigenvalue weighted by molar-refractivity contribution is -0.185. The van der Waals surface area contributed by atoms with Crippen molar-refractivity contribution in [3.8, 4) is 0 Å². The third-order valence-electron chi connectivity index (χ3n) is 13.2. The van der Waals surface area contributed by atoms with Crippen LogP contribution in [0, 0.1) is 57.3 Å². The van der Waals surface area contributed by atoms with Crippen LogP contribution in [0.5, 0.6) is 0 Å². The number of carbonyl (C=O) groups excluding carboxylic acids is 3. The molecule has 1 heterocycles. The van der Waals surface area contributed by atoms with Gasteiger partial charge in [-0.3, -0.25) is 9.59 Å². The maximum atomic E-state index is 14.6. The molecule has 0 radical (unpaired) electrons. The van der Waals surface area contributed by atoms with Crippen LogP contribution in [0.2, 0.25) is 0 Å². The van der Waals surface area contributed by atoms with Crippen LogP contribution in [-0.2, 0) is 19.1 Å². The Morgan fingerprint density at radius 1 is 1.00 bits per heavy atom. The van der Waals surface area contributed by atoms with Crippen LogP contribution in [0.1, 0.15) is 86.5 Å². The molecule has 6 rings (SSSR count). The molecule has 216 valence electrons. The average molecular weight is 547 g/mol. The van der Waals surface area contributed by atoms with Gasteiger partial charge in [0.15, 0.2) is 11.6 Å². The number of amides is 1. The number of ketones is 2. The van der Waals surface area contributed by atoms with Gasteiger partial charge in [0.2, 0.25) is 11.6 Å². The average Bonchev–Trinajstić information content (AvgIpc) is 2.92. The van der Waals surface area contributed by atoms with Gasteiger partial charge in [-0.05, 0) is 79.1 Å². The van der Waals surface area contributed by atoms with Crippen LogP contribution in [-0.4, -0.2) is 48.7 Å². The quantitative estimate of drug-likeness (QED) is 0.377. The second-order valence-electron chi connectivity index (χ2n) is 15.4. The molecule has 1 saturated heterocycles. The van der Waals surface area contributed by atoms with Crippen molar-refractivity contribution in [2.24, 2.45) is 50.7 Å². The number of rotatable bonds is 1. The van der Waals surface area contributed by atoms with Crippen LogP contribution in [0.15, 0.2) is 23.4 Å². The second kappa shape index (κ2) is 8.87. The van der Waals surface area contributed by atoms with Gasteiger partial charge in [-0.2, -0.15) is 0 Å². The van der Waals surface area contributed by atoms with Crippen LogP contribution in [0.4, 0.5) is 0 Å². The van der Waals surface area contributed by atoms with E-state index in [0.29, 0.717) is 26.3 Å². The molecule has 0 unspecified atom stereocenters. The Morgan fingerprint density at radius 3 is 2.35 bits per heavy atom. The lowest BCUT2D eigenvalue weighted by Crippen LogP contribution is -2.66. The third-order valence-corrected chi connectivity index (χ3v) is 13.2. The van der Waals surface area contributed by atoms with E-state index in [2.05, 4.69) is 39.5 Å². The Hall–Kier alpha value is -2.26. The molecule has 6 nitrogen and oxygen atoms in total. The first-order chi connectivity index (χ1) is 18.7.